The van der Waals surface area contributed by atoms with Crippen molar-refractivity contribution in [2.45, 2.75) is 39.5 Å². The molecule has 0 spiro atoms. The maximum Gasteiger partial charge on any atom is 0.213 e. The molecule has 0 fully saturated rings. The Kier molecular flexibility index (Phi) is 5.30. The number of rotatable bonds is 4. The summed E-state index contributed by atoms with van der Waals surface area (Å²) >= 11 is 5.99. The number of hydrogen-bond donors (Lipinski definition) is 0. The zero-order chi connectivity index (χ0) is 17.2. The van der Waals surface area contributed by atoms with E-state index in [9.17, 15) is 4.39 Å². The van der Waals surface area contributed by atoms with Crippen LogP contribution in [0.5, 0.6) is 5.88 Å². The van der Waals surface area contributed by atoms with Crippen molar-refractivity contribution in [1.29, 1.82) is 0 Å². The topological polar surface area (TPSA) is 22.1 Å². The van der Waals surface area contributed by atoms with Crippen molar-refractivity contribution < 1.29 is 9.13 Å². The van der Waals surface area contributed by atoms with Gasteiger partial charge in [0.05, 0.1) is 13.3 Å². The third kappa shape index (κ3) is 3.84. The van der Waals surface area contributed by atoms with Gasteiger partial charge in [0.2, 0.25) is 5.88 Å². The standard InChI is InChI=1S/C19H23ClFNO/c1-12(19(2,3)4)15-8-13(10-20)6-7-14(15)16-9-18(23-5)22-11-17(16)21/h6-9,11-12H,10H2,1-5H3/t12-/m1/s1. The van der Waals surface area contributed by atoms with E-state index in [4.69, 9.17) is 16.3 Å². The zero-order valence-corrected chi connectivity index (χ0v) is 15.0. The predicted octanol–water partition coefficient (Wildman–Crippen LogP) is 5.78. The normalized spacial score (nSPS) is 13.0. The van der Waals surface area contributed by atoms with Gasteiger partial charge in [0.25, 0.3) is 0 Å². The van der Waals surface area contributed by atoms with E-state index in [2.05, 4.69) is 38.7 Å². The fourth-order valence-electron chi connectivity index (χ4n) is 2.50. The van der Waals surface area contributed by atoms with Gasteiger partial charge < -0.3 is 4.74 Å². The summed E-state index contributed by atoms with van der Waals surface area (Å²) in [6, 6.07) is 7.59. The van der Waals surface area contributed by atoms with Crippen LogP contribution >= 0.6 is 11.6 Å². The van der Waals surface area contributed by atoms with Crippen LogP contribution < -0.4 is 4.74 Å². The van der Waals surface area contributed by atoms with Gasteiger partial charge in [-0.25, -0.2) is 9.37 Å². The van der Waals surface area contributed by atoms with Gasteiger partial charge in [-0.15, -0.1) is 11.6 Å². The fraction of sp³-hybridized carbons (Fsp3) is 0.421. The van der Waals surface area contributed by atoms with Gasteiger partial charge in [0.1, 0.15) is 5.82 Å². The molecule has 4 heteroatoms. The van der Waals surface area contributed by atoms with Crippen LogP contribution in [0.2, 0.25) is 0 Å². The molecule has 23 heavy (non-hydrogen) atoms. The highest BCUT2D eigenvalue weighted by atomic mass is 35.5. The molecule has 2 rings (SSSR count). The molecule has 0 bridgehead atoms. The number of methoxy groups -OCH3 is 1. The highest BCUT2D eigenvalue weighted by Gasteiger charge is 2.25. The Balaban J connectivity index is 2.67. The number of nitrogens with zero attached hydrogens (tertiary/aromatic N) is 1. The number of hydrogen-bond acceptors (Lipinski definition) is 2. The second kappa shape index (κ2) is 6.88. The second-order valence-electron chi connectivity index (χ2n) is 6.85. The predicted molar refractivity (Wildman–Crippen MR) is 93.6 cm³/mol. The number of benzene rings is 1. The van der Waals surface area contributed by atoms with Gasteiger partial charge in [-0.3, -0.25) is 0 Å². The summed E-state index contributed by atoms with van der Waals surface area (Å²) in [6.07, 6.45) is 1.20. The van der Waals surface area contributed by atoms with Crippen LogP contribution in [-0.4, -0.2) is 12.1 Å². The molecule has 1 heterocycles. The van der Waals surface area contributed by atoms with E-state index in [-0.39, 0.29) is 17.2 Å². The summed E-state index contributed by atoms with van der Waals surface area (Å²) in [5.74, 6) is 0.718. The van der Waals surface area contributed by atoms with E-state index in [0.29, 0.717) is 17.3 Å². The summed E-state index contributed by atoms with van der Waals surface area (Å²) in [5.41, 5.74) is 3.53. The molecular weight excluding hydrogens is 313 g/mol. The second-order valence-corrected chi connectivity index (χ2v) is 7.12. The minimum absolute atomic E-state index is 0.0489. The minimum Gasteiger partial charge on any atom is -0.481 e. The molecule has 2 aromatic rings. The van der Waals surface area contributed by atoms with Crippen LogP contribution in [0.15, 0.2) is 30.5 Å². The smallest absolute Gasteiger partial charge is 0.213 e. The van der Waals surface area contributed by atoms with Crippen molar-refractivity contribution in [3.63, 3.8) is 0 Å². The van der Waals surface area contributed by atoms with Crippen LogP contribution in [-0.2, 0) is 5.88 Å². The lowest BCUT2D eigenvalue weighted by molar-refractivity contribution is 0.340. The first kappa shape index (κ1) is 17.7. The SMILES string of the molecule is COc1cc(-c2ccc(CCl)cc2[C@@H](C)C(C)(C)C)c(F)cn1. The molecule has 1 atom stereocenters. The molecule has 0 saturated carbocycles. The summed E-state index contributed by atoms with van der Waals surface area (Å²) in [5, 5.41) is 0. The average molecular weight is 336 g/mol. The van der Waals surface area contributed by atoms with Gasteiger partial charge in [0.15, 0.2) is 0 Å². The monoisotopic (exact) mass is 335 g/mol. The van der Waals surface area contributed by atoms with E-state index in [1.54, 1.807) is 6.07 Å². The van der Waals surface area contributed by atoms with Crippen molar-refractivity contribution in [2.75, 3.05) is 7.11 Å². The third-order valence-electron chi connectivity index (χ3n) is 4.37. The molecule has 124 valence electrons. The van der Waals surface area contributed by atoms with Crippen LogP contribution in [0.3, 0.4) is 0 Å². The van der Waals surface area contributed by atoms with Crippen molar-refractivity contribution in [1.82, 2.24) is 4.98 Å². The Hall–Kier alpha value is -1.61. The third-order valence-corrected chi connectivity index (χ3v) is 4.67. The molecular formula is C19H23ClFNO. The highest BCUT2D eigenvalue weighted by Crippen LogP contribution is 2.41. The lowest BCUT2D eigenvalue weighted by Gasteiger charge is -2.30. The van der Waals surface area contributed by atoms with Gasteiger partial charge in [-0.1, -0.05) is 45.9 Å². The van der Waals surface area contributed by atoms with Crippen LogP contribution in [0.25, 0.3) is 11.1 Å². The fourth-order valence-corrected chi connectivity index (χ4v) is 2.67. The number of aromatic nitrogens is 1. The van der Waals surface area contributed by atoms with Crippen molar-refractivity contribution in [2.24, 2.45) is 5.41 Å². The number of halogens is 2. The Bertz CT molecular complexity index is 694. The molecule has 0 saturated heterocycles. The summed E-state index contributed by atoms with van der Waals surface area (Å²) in [4.78, 5) is 3.92. The van der Waals surface area contributed by atoms with Gasteiger partial charge >= 0.3 is 0 Å². The maximum absolute atomic E-state index is 14.4. The maximum atomic E-state index is 14.4. The Morgan fingerprint density at radius 3 is 2.48 bits per heavy atom. The minimum atomic E-state index is -0.355. The van der Waals surface area contributed by atoms with Crippen molar-refractivity contribution >= 4 is 11.6 Å². The molecule has 0 N–H and O–H groups in total. The lowest BCUT2D eigenvalue weighted by atomic mass is 9.75. The molecule has 0 aliphatic carbocycles. The number of pyridine rings is 1. The molecule has 0 unspecified atom stereocenters. The summed E-state index contributed by atoms with van der Waals surface area (Å²) < 4.78 is 19.5. The number of alkyl halides is 1. The van der Waals surface area contributed by atoms with Crippen molar-refractivity contribution in [3.05, 3.63) is 47.4 Å². The molecule has 0 aliphatic rings. The Labute approximate surface area is 142 Å². The molecule has 1 aromatic heterocycles. The largest absolute Gasteiger partial charge is 0.481 e. The molecule has 0 amide bonds. The number of ether oxygens (including phenoxy) is 1. The van der Waals surface area contributed by atoms with E-state index >= 15 is 0 Å². The van der Waals surface area contributed by atoms with Gasteiger partial charge in [-0.05, 0) is 28.0 Å². The van der Waals surface area contributed by atoms with E-state index < -0.39 is 0 Å². The van der Waals surface area contributed by atoms with Crippen molar-refractivity contribution in [3.8, 4) is 17.0 Å². The first-order valence-corrected chi connectivity index (χ1v) is 8.20. The molecule has 0 radical (unpaired) electrons. The van der Waals surface area contributed by atoms with E-state index in [1.807, 2.05) is 12.1 Å². The van der Waals surface area contributed by atoms with Crippen LogP contribution in [0.1, 0.15) is 44.7 Å². The highest BCUT2D eigenvalue weighted by molar-refractivity contribution is 6.17. The molecule has 0 aliphatic heterocycles. The average Bonchev–Trinajstić information content (AvgIpc) is 2.53. The summed E-state index contributed by atoms with van der Waals surface area (Å²) in [6.45, 7) is 8.70. The quantitative estimate of drug-likeness (QED) is 0.660. The van der Waals surface area contributed by atoms with E-state index in [1.165, 1.54) is 13.3 Å². The summed E-state index contributed by atoms with van der Waals surface area (Å²) in [7, 11) is 1.53. The first-order chi connectivity index (χ1) is 10.8. The Morgan fingerprint density at radius 1 is 1.22 bits per heavy atom. The lowest BCUT2D eigenvalue weighted by Crippen LogP contribution is -2.16. The van der Waals surface area contributed by atoms with Crippen LogP contribution in [0.4, 0.5) is 4.39 Å². The Morgan fingerprint density at radius 2 is 1.91 bits per heavy atom. The zero-order valence-electron chi connectivity index (χ0n) is 14.3. The van der Waals surface area contributed by atoms with E-state index in [0.717, 1.165) is 16.7 Å². The molecule has 2 nitrogen and oxygen atoms in total. The first-order valence-electron chi connectivity index (χ1n) is 7.66. The van der Waals surface area contributed by atoms with Crippen LogP contribution in [0, 0.1) is 11.2 Å². The van der Waals surface area contributed by atoms with Gasteiger partial charge in [0, 0.05) is 17.5 Å². The molecule has 1 aromatic carbocycles. The van der Waals surface area contributed by atoms with Gasteiger partial charge in [-0.2, -0.15) is 0 Å².